The second kappa shape index (κ2) is 13.8. The predicted octanol–water partition coefficient (Wildman–Crippen LogP) is 4.29. The molecule has 1 spiro atoms. The van der Waals surface area contributed by atoms with Gasteiger partial charge in [-0.3, -0.25) is 19.2 Å². The minimum atomic E-state index is -1.26. The third-order valence-electron chi connectivity index (χ3n) is 8.15. The van der Waals surface area contributed by atoms with Gasteiger partial charge in [0.25, 0.3) is 0 Å². The van der Waals surface area contributed by atoms with E-state index in [9.17, 15) is 19.2 Å². The van der Waals surface area contributed by atoms with E-state index in [4.69, 9.17) is 44.8 Å². The molecule has 5 rings (SSSR count). The second-order valence-corrected chi connectivity index (χ2v) is 12.3. The van der Waals surface area contributed by atoms with E-state index >= 15 is 0 Å². The average Bonchev–Trinajstić information content (AvgIpc) is 2.92. The van der Waals surface area contributed by atoms with Crippen molar-refractivity contribution in [2.45, 2.75) is 83.6 Å². The predicted molar refractivity (Wildman–Crippen MR) is 159 cm³/mol. The molecule has 5 atom stereocenters. The van der Waals surface area contributed by atoms with Gasteiger partial charge in [-0.2, -0.15) is 0 Å². The maximum absolute atomic E-state index is 12.2. The lowest BCUT2D eigenvalue weighted by Crippen LogP contribution is -2.59. The lowest BCUT2D eigenvalue weighted by Gasteiger charge is -2.52. The van der Waals surface area contributed by atoms with Crippen LogP contribution in [0.3, 0.4) is 0 Å². The fourth-order valence-corrected chi connectivity index (χ4v) is 6.30. The normalized spacial score (nSPS) is 25.3. The van der Waals surface area contributed by atoms with Crippen LogP contribution < -0.4 is 4.74 Å². The molecular formula is C33H37ClO11. The molecule has 2 saturated heterocycles. The Hall–Kier alpha value is -3.67. The summed E-state index contributed by atoms with van der Waals surface area (Å²) in [5.74, 6) is -1.84. The lowest BCUT2D eigenvalue weighted by atomic mass is 9.65. The molecule has 12 heteroatoms. The second-order valence-electron chi connectivity index (χ2n) is 11.9. The van der Waals surface area contributed by atoms with Crippen LogP contribution in [0.15, 0.2) is 42.5 Å². The largest absolute Gasteiger partial charge is 0.490 e. The summed E-state index contributed by atoms with van der Waals surface area (Å²) in [5, 5.41) is 0.507. The number of esters is 4. The molecule has 3 fully saturated rings. The van der Waals surface area contributed by atoms with Crippen molar-refractivity contribution in [2.24, 2.45) is 5.41 Å². The first kappa shape index (κ1) is 32.7. The maximum Gasteiger partial charge on any atom is 0.303 e. The highest BCUT2D eigenvalue weighted by Crippen LogP contribution is 2.48. The minimum absolute atomic E-state index is 0.201. The van der Waals surface area contributed by atoms with Gasteiger partial charge in [0, 0.05) is 38.1 Å². The van der Waals surface area contributed by atoms with Gasteiger partial charge in [-0.15, -0.1) is 0 Å². The van der Waals surface area contributed by atoms with Crippen LogP contribution in [0.2, 0.25) is 5.02 Å². The van der Waals surface area contributed by atoms with Gasteiger partial charge in [0.05, 0.1) is 13.2 Å². The lowest BCUT2D eigenvalue weighted by molar-refractivity contribution is -0.254. The van der Waals surface area contributed by atoms with Gasteiger partial charge < -0.3 is 33.2 Å². The zero-order chi connectivity index (χ0) is 32.3. The van der Waals surface area contributed by atoms with Crippen LogP contribution in [-0.2, 0) is 54.0 Å². The number of carbonyl (C=O) groups is 4. The SMILES string of the molecule is CC(=O)OC[C@H]1O[C@@H](c2ccc(Cl)c(Cc3ccc(OC4CC5(COC5)C4)cc3)c2)[C@H](OC(C)=O)[C@@H](OC(C)=O)[C@@H]1OC(C)=O. The highest BCUT2D eigenvalue weighted by molar-refractivity contribution is 6.31. The molecule has 2 aliphatic heterocycles. The molecule has 3 aliphatic rings. The maximum atomic E-state index is 12.2. The summed E-state index contributed by atoms with van der Waals surface area (Å²) in [6, 6.07) is 13.1. The van der Waals surface area contributed by atoms with E-state index in [1.54, 1.807) is 12.1 Å². The Labute approximate surface area is 266 Å². The van der Waals surface area contributed by atoms with Crippen molar-refractivity contribution in [3.8, 4) is 5.75 Å². The number of hydrogen-bond donors (Lipinski definition) is 0. The van der Waals surface area contributed by atoms with Crippen LogP contribution in [-0.4, -0.2) is 74.2 Å². The molecule has 1 saturated carbocycles. The van der Waals surface area contributed by atoms with E-state index in [0.29, 0.717) is 22.4 Å². The molecule has 242 valence electrons. The first-order valence-electron chi connectivity index (χ1n) is 14.8. The van der Waals surface area contributed by atoms with Gasteiger partial charge in [0.1, 0.15) is 30.7 Å². The van der Waals surface area contributed by atoms with Crippen molar-refractivity contribution in [1.29, 1.82) is 0 Å². The fraction of sp³-hybridized carbons (Fsp3) is 0.515. The summed E-state index contributed by atoms with van der Waals surface area (Å²) < 4.78 is 39.6. The Bertz CT molecular complexity index is 1410. The molecule has 11 nitrogen and oxygen atoms in total. The highest BCUT2D eigenvalue weighted by Gasteiger charge is 2.53. The molecule has 2 aromatic rings. The molecule has 2 heterocycles. The Morgan fingerprint density at radius 1 is 0.822 bits per heavy atom. The molecule has 45 heavy (non-hydrogen) atoms. The van der Waals surface area contributed by atoms with E-state index < -0.39 is 54.4 Å². The van der Waals surface area contributed by atoms with Gasteiger partial charge in [0.15, 0.2) is 18.3 Å². The number of rotatable bonds is 10. The smallest absolute Gasteiger partial charge is 0.303 e. The van der Waals surface area contributed by atoms with Gasteiger partial charge in [0.2, 0.25) is 0 Å². The zero-order valence-corrected chi connectivity index (χ0v) is 26.4. The van der Waals surface area contributed by atoms with Crippen molar-refractivity contribution < 1.29 is 52.3 Å². The summed E-state index contributed by atoms with van der Waals surface area (Å²) in [6.07, 6.45) is -3.04. The Kier molecular flexibility index (Phi) is 10.0. The number of benzene rings is 2. The topological polar surface area (TPSA) is 133 Å². The van der Waals surface area contributed by atoms with E-state index in [1.807, 2.05) is 30.3 Å². The van der Waals surface area contributed by atoms with E-state index in [1.165, 1.54) is 27.7 Å². The number of halogens is 1. The number of hydrogen-bond acceptors (Lipinski definition) is 11. The van der Waals surface area contributed by atoms with Crippen molar-refractivity contribution in [1.82, 2.24) is 0 Å². The Morgan fingerprint density at radius 2 is 1.44 bits per heavy atom. The van der Waals surface area contributed by atoms with Crippen LogP contribution in [0.4, 0.5) is 0 Å². The quantitative estimate of drug-likeness (QED) is 0.271. The van der Waals surface area contributed by atoms with Gasteiger partial charge in [-0.25, -0.2) is 0 Å². The van der Waals surface area contributed by atoms with Crippen LogP contribution in [0.1, 0.15) is 63.3 Å². The van der Waals surface area contributed by atoms with E-state index in [0.717, 1.165) is 42.9 Å². The molecule has 0 unspecified atom stereocenters. The summed E-state index contributed by atoms with van der Waals surface area (Å²) in [6.45, 7) is 6.13. The van der Waals surface area contributed by atoms with Crippen molar-refractivity contribution in [3.63, 3.8) is 0 Å². The van der Waals surface area contributed by atoms with E-state index in [2.05, 4.69) is 0 Å². The van der Waals surface area contributed by atoms with Crippen molar-refractivity contribution in [3.05, 3.63) is 64.2 Å². The zero-order valence-electron chi connectivity index (χ0n) is 25.6. The number of ether oxygens (including phenoxy) is 7. The molecule has 2 aromatic carbocycles. The van der Waals surface area contributed by atoms with Gasteiger partial charge in [-0.1, -0.05) is 35.9 Å². The van der Waals surface area contributed by atoms with Crippen LogP contribution in [0.5, 0.6) is 5.75 Å². The summed E-state index contributed by atoms with van der Waals surface area (Å²) in [5.41, 5.74) is 2.64. The monoisotopic (exact) mass is 644 g/mol. The summed E-state index contributed by atoms with van der Waals surface area (Å²) in [4.78, 5) is 48.1. The molecule has 0 N–H and O–H groups in total. The Morgan fingerprint density at radius 3 is 2.02 bits per heavy atom. The molecule has 0 aromatic heterocycles. The Balaban J connectivity index is 1.38. The molecule has 0 radical (unpaired) electrons. The number of carbonyl (C=O) groups excluding carboxylic acids is 4. The van der Waals surface area contributed by atoms with Crippen LogP contribution >= 0.6 is 11.6 Å². The molecule has 0 bridgehead atoms. The van der Waals surface area contributed by atoms with Crippen LogP contribution in [0.25, 0.3) is 0 Å². The molecule has 0 amide bonds. The standard InChI is InChI=1S/C33H37ClO11/c1-18(35)40-15-28-30(41-19(2)36)32(43-21(4)38)31(42-20(3)37)29(45-28)23-7-10-27(34)24(12-23)11-22-5-8-25(9-6-22)44-26-13-33(14-26)16-39-17-33/h5-10,12,26,28-32H,11,13-17H2,1-4H3/t28-,29+,30-,31+,32+/m1/s1. The summed E-state index contributed by atoms with van der Waals surface area (Å²) >= 11 is 6.62. The highest BCUT2D eigenvalue weighted by atomic mass is 35.5. The third-order valence-corrected chi connectivity index (χ3v) is 8.52. The van der Waals surface area contributed by atoms with Crippen molar-refractivity contribution in [2.75, 3.05) is 19.8 Å². The van der Waals surface area contributed by atoms with Gasteiger partial charge >= 0.3 is 23.9 Å². The first-order valence-corrected chi connectivity index (χ1v) is 15.2. The molecular weight excluding hydrogens is 608 g/mol. The average molecular weight is 645 g/mol. The minimum Gasteiger partial charge on any atom is -0.490 e. The molecule has 1 aliphatic carbocycles. The van der Waals surface area contributed by atoms with Gasteiger partial charge in [-0.05, 0) is 54.2 Å². The van der Waals surface area contributed by atoms with Crippen LogP contribution in [0, 0.1) is 5.41 Å². The summed E-state index contributed by atoms with van der Waals surface area (Å²) in [7, 11) is 0. The third kappa shape index (κ3) is 7.95. The van der Waals surface area contributed by atoms with E-state index in [-0.39, 0.29) is 12.7 Å². The first-order chi connectivity index (χ1) is 21.4. The fourth-order valence-electron chi connectivity index (χ4n) is 6.12. The van der Waals surface area contributed by atoms with Crippen molar-refractivity contribution >= 4 is 35.5 Å².